The number of hydrogen-bond acceptors (Lipinski definition) is 3. The van der Waals surface area contributed by atoms with Gasteiger partial charge in [-0.15, -0.1) is 0 Å². The number of hydrogen-bond donors (Lipinski definition) is 1. The first-order chi connectivity index (χ1) is 13.5. The number of piperazine rings is 1. The fraction of sp³-hybridized carbons (Fsp3) is 0.304. The molecule has 0 saturated carbocycles. The van der Waals surface area contributed by atoms with Crippen LogP contribution in [0.2, 0.25) is 0 Å². The van der Waals surface area contributed by atoms with Crippen molar-refractivity contribution in [2.45, 2.75) is 13.0 Å². The average Bonchev–Trinajstić information content (AvgIpc) is 2.73. The fourth-order valence-electron chi connectivity index (χ4n) is 3.25. The van der Waals surface area contributed by atoms with Gasteiger partial charge in [0.05, 0.1) is 0 Å². The van der Waals surface area contributed by atoms with E-state index in [0.29, 0.717) is 18.7 Å². The third-order valence-corrected chi connectivity index (χ3v) is 5.01. The lowest BCUT2D eigenvalue weighted by Crippen LogP contribution is -2.51. The molecule has 1 aliphatic heterocycles. The van der Waals surface area contributed by atoms with Crippen LogP contribution in [-0.2, 0) is 9.59 Å². The van der Waals surface area contributed by atoms with Crippen LogP contribution < -0.4 is 5.32 Å². The van der Waals surface area contributed by atoms with Crippen LogP contribution in [0.4, 0.5) is 0 Å². The van der Waals surface area contributed by atoms with Crippen LogP contribution in [0.25, 0.3) is 6.08 Å². The summed E-state index contributed by atoms with van der Waals surface area (Å²) in [6, 6.07) is 18.5. The Bertz CT molecular complexity index is 825. The predicted octanol–water partition coefficient (Wildman–Crippen LogP) is 2.72. The second kappa shape index (κ2) is 9.33. The van der Waals surface area contributed by atoms with Gasteiger partial charge in [-0.05, 0) is 31.2 Å². The molecule has 1 heterocycles. The smallest absolute Gasteiger partial charge is 0.249 e. The highest BCUT2D eigenvalue weighted by Gasteiger charge is 2.29. The summed E-state index contributed by atoms with van der Waals surface area (Å²) in [6.07, 6.45) is 1.83. The Morgan fingerprint density at radius 2 is 1.50 bits per heavy atom. The van der Waals surface area contributed by atoms with Gasteiger partial charge in [0.15, 0.2) is 0 Å². The first kappa shape index (κ1) is 19.8. The number of amides is 2. The molecule has 146 valence electrons. The van der Waals surface area contributed by atoms with Crippen LogP contribution in [0.1, 0.15) is 24.1 Å². The number of nitrogens with zero attached hydrogens (tertiary/aromatic N) is 2. The standard InChI is InChI=1S/C23H27N3O2/c1-18(17-19-9-5-3-6-10-19)22(27)24-21(20-11-7-4-8-12-20)23(28)26-15-13-25(2)14-16-26/h3-12,17,21H,13-16H2,1-2H3,(H,24,27)/b18-17+/t21-/m0/s1. The van der Waals surface area contributed by atoms with Crippen LogP contribution in [0.15, 0.2) is 66.2 Å². The molecular weight excluding hydrogens is 350 g/mol. The van der Waals surface area contributed by atoms with Crippen LogP contribution in [0, 0.1) is 0 Å². The first-order valence-corrected chi connectivity index (χ1v) is 9.61. The number of carbonyl (C=O) groups is 2. The van der Waals surface area contributed by atoms with Crippen molar-refractivity contribution < 1.29 is 9.59 Å². The van der Waals surface area contributed by atoms with Crippen molar-refractivity contribution in [2.24, 2.45) is 0 Å². The SMILES string of the molecule is C/C(=C\c1ccccc1)C(=O)N[C@H](C(=O)N1CCN(C)CC1)c1ccccc1. The van der Waals surface area contributed by atoms with Crippen molar-refractivity contribution in [3.05, 3.63) is 77.4 Å². The molecule has 2 amide bonds. The molecule has 1 fully saturated rings. The lowest BCUT2D eigenvalue weighted by atomic mass is 10.0. The molecule has 0 aromatic heterocycles. The van der Waals surface area contributed by atoms with E-state index in [4.69, 9.17) is 0 Å². The lowest BCUT2D eigenvalue weighted by molar-refractivity contribution is -0.137. The topological polar surface area (TPSA) is 52.7 Å². The molecule has 0 unspecified atom stereocenters. The van der Waals surface area contributed by atoms with Crippen molar-refractivity contribution in [1.82, 2.24) is 15.1 Å². The minimum atomic E-state index is -0.684. The van der Waals surface area contributed by atoms with Gasteiger partial charge in [0.2, 0.25) is 11.8 Å². The maximum Gasteiger partial charge on any atom is 0.249 e. The number of rotatable bonds is 5. The van der Waals surface area contributed by atoms with Crippen LogP contribution in [0.3, 0.4) is 0 Å². The van der Waals surface area contributed by atoms with E-state index < -0.39 is 6.04 Å². The van der Waals surface area contributed by atoms with Crippen LogP contribution >= 0.6 is 0 Å². The summed E-state index contributed by atoms with van der Waals surface area (Å²) in [5.74, 6) is -0.291. The molecule has 0 radical (unpaired) electrons. The fourth-order valence-corrected chi connectivity index (χ4v) is 3.25. The molecule has 1 saturated heterocycles. The second-order valence-electron chi connectivity index (χ2n) is 7.18. The first-order valence-electron chi connectivity index (χ1n) is 9.61. The second-order valence-corrected chi connectivity index (χ2v) is 7.18. The highest BCUT2D eigenvalue weighted by molar-refractivity contribution is 6.00. The van der Waals surface area contributed by atoms with Gasteiger partial charge in [-0.2, -0.15) is 0 Å². The summed E-state index contributed by atoms with van der Waals surface area (Å²) in [5.41, 5.74) is 2.32. The zero-order valence-corrected chi connectivity index (χ0v) is 16.5. The van der Waals surface area contributed by atoms with Crippen molar-refractivity contribution in [2.75, 3.05) is 33.2 Å². The summed E-state index contributed by atoms with van der Waals surface area (Å²) in [6.45, 7) is 4.80. The molecule has 0 aliphatic carbocycles. The minimum Gasteiger partial charge on any atom is -0.338 e. The monoisotopic (exact) mass is 377 g/mol. The normalized spacial score (nSPS) is 16.5. The van der Waals surface area contributed by atoms with E-state index in [0.717, 1.165) is 24.2 Å². The summed E-state index contributed by atoms with van der Waals surface area (Å²) >= 11 is 0. The van der Waals surface area contributed by atoms with Crippen LogP contribution in [0.5, 0.6) is 0 Å². The highest BCUT2D eigenvalue weighted by atomic mass is 16.2. The van der Waals surface area contributed by atoms with Gasteiger partial charge < -0.3 is 15.1 Å². The Morgan fingerprint density at radius 1 is 0.929 bits per heavy atom. The van der Waals surface area contributed by atoms with Crippen LogP contribution in [-0.4, -0.2) is 54.8 Å². The molecule has 3 rings (SSSR count). The molecule has 0 spiro atoms. The Hall–Kier alpha value is -2.92. The maximum absolute atomic E-state index is 13.2. The predicted molar refractivity (Wildman–Crippen MR) is 111 cm³/mol. The maximum atomic E-state index is 13.2. The Labute approximate surface area is 166 Å². The average molecular weight is 377 g/mol. The summed E-state index contributed by atoms with van der Waals surface area (Å²) in [7, 11) is 2.05. The quantitative estimate of drug-likeness (QED) is 0.815. The number of nitrogens with one attached hydrogen (secondary N) is 1. The molecule has 5 heteroatoms. The molecule has 1 aliphatic rings. The lowest BCUT2D eigenvalue weighted by Gasteiger charge is -2.35. The van der Waals surface area contributed by atoms with Gasteiger partial charge >= 0.3 is 0 Å². The molecule has 1 atom stereocenters. The summed E-state index contributed by atoms with van der Waals surface area (Å²) in [4.78, 5) is 30.0. The van der Waals surface area contributed by atoms with Gasteiger partial charge in [0.1, 0.15) is 6.04 Å². The number of likely N-dealkylation sites (N-methyl/N-ethyl adjacent to an activating group) is 1. The van der Waals surface area contributed by atoms with E-state index in [1.54, 1.807) is 6.92 Å². The molecular formula is C23H27N3O2. The minimum absolute atomic E-state index is 0.0554. The largest absolute Gasteiger partial charge is 0.338 e. The summed E-state index contributed by atoms with van der Waals surface area (Å²) in [5, 5.41) is 2.95. The van der Waals surface area contributed by atoms with E-state index in [-0.39, 0.29) is 11.8 Å². The molecule has 1 N–H and O–H groups in total. The highest BCUT2D eigenvalue weighted by Crippen LogP contribution is 2.18. The zero-order chi connectivity index (χ0) is 19.9. The summed E-state index contributed by atoms with van der Waals surface area (Å²) < 4.78 is 0. The van der Waals surface area contributed by atoms with Crippen molar-refractivity contribution in [3.8, 4) is 0 Å². The third-order valence-electron chi connectivity index (χ3n) is 5.01. The molecule has 2 aromatic rings. The zero-order valence-electron chi connectivity index (χ0n) is 16.5. The third kappa shape index (κ3) is 5.08. The Balaban J connectivity index is 1.78. The number of benzene rings is 2. The van der Waals surface area contributed by atoms with E-state index in [1.807, 2.05) is 71.6 Å². The molecule has 28 heavy (non-hydrogen) atoms. The van der Waals surface area contributed by atoms with E-state index in [1.165, 1.54) is 0 Å². The van der Waals surface area contributed by atoms with E-state index in [9.17, 15) is 9.59 Å². The van der Waals surface area contributed by atoms with E-state index in [2.05, 4.69) is 17.3 Å². The van der Waals surface area contributed by atoms with Crippen molar-refractivity contribution in [3.63, 3.8) is 0 Å². The van der Waals surface area contributed by atoms with Gasteiger partial charge in [0.25, 0.3) is 0 Å². The van der Waals surface area contributed by atoms with Gasteiger partial charge in [0, 0.05) is 31.8 Å². The molecule has 2 aromatic carbocycles. The van der Waals surface area contributed by atoms with Gasteiger partial charge in [-0.1, -0.05) is 60.7 Å². The Morgan fingerprint density at radius 3 is 2.11 bits per heavy atom. The van der Waals surface area contributed by atoms with Crippen molar-refractivity contribution >= 4 is 17.9 Å². The van der Waals surface area contributed by atoms with Gasteiger partial charge in [-0.3, -0.25) is 9.59 Å². The molecule has 0 bridgehead atoms. The molecule has 5 nitrogen and oxygen atoms in total. The number of carbonyl (C=O) groups excluding carboxylic acids is 2. The Kier molecular flexibility index (Phi) is 6.61. The van der Waals surface area contributed by atoms with Crippen molar-refractivity contribution in [1.29, 1.82) is 0 Å². The van der Waals surface area contributed by atoms with Gasteiger partial charge in [-0.25, -0.2) is 0 Å². The van der Waals surface area contributed by atoms with E-state index >= 15 is 0 Å².